The topological polar surface area (TPSA) is 49.4 Å². The van der Waals surface area contributed by atoms with Crippen LogP contribution in [0, 0.1) is 0 Å². The van der Waals surface area contributed by atoms with E-state index in [1.165, 1.54) is 0 Å². The molecule has 15 heavy (non-hydrogen) atoms. The van der Waals surface area contributed by atoms with Crippen LogP contribution < -0.4 is 5.32 Å². The van der Waals surface area contributed by atoms with Gasteiger partial charge < -0.3 is 5.32 Å². The lowest BCUT2D eigenvalue weighted by molar-refractivity contribution is 0.201. The van der Waals surface area contributed by atoms with E-state index in [4.69, 9.17) is 0 Å². The lowest BCUT2D eigenvalue weighted by atomic mass is 10.1. The van der Waals surface area contributed by atoms with Crippen molar-refractivity contribution in [2.75, 3.05) is 19.6 Å². The third kappa shape index (κ3) is 2.85. The van der Waals surface area contributed by atoms with Crippen molar-refractivity contribution in [3.63, 3.8) is 0 Å². The summed E-state index contributed by atoms with van der Waals surface area (Å²) in [5.74, 6) is -3.32. The maximum Gasteiger partial charge on any atom is 0.350 e. The van der Waals surface area contributed by atoms with Crippen molar-refractivity contribution in [3.05, 3.63) is 0 Å². The molecule has 1 rings (SSSR count). The second-order valence-corrected chi connectivity index (χ2v) is 5.36. The van der Waals surface area contributed by atoms with Crippen LogP contribution in [-0.4, -0.2) is 44.2 Å². The summed E-state index contributed by atoms with van der Waals surface area (Å²) in [4.78, 5) is 0. The highest BCUT2D eigenvalue weighted by Crippen LogP contribution is 2.19. The molecule has 1 aliphatic rings. The van der Waals surface area contributed by atoms with Gasteiger partial charge in [0.05, 0.1) is 0 Å². The Morgan fingerprint density at radius 3 is 2.60 bits per heavy atom. The van der Waals surface area contributed by atoms with Gasteiger partial charge in [0, 0.05) is 19.1 Å². The number of halogens is 2. The van der Waals surface area contributed by atoms with Crippen molar-refractivity contribution in [3.8, 4) is 0 Å². The van der Waals surface area contributed by atoms with E-state index in [1.807, 2.05) is 0 Å². The van der Waals surface area contributed by atoms with Crippen molar-refractivity contribution in [1.29, 1.82) is 0 Å². The molecule has 4 nitrogen and oxygen atoms in total. The number of rotatable bonds is 4. The quantitative estimate of drug-likeness (QED) is 0.786. The van der Waals surface area contributed by atoms with Crippen LogP contribution in [-0.2, 0) is 10.0 Å². The molecule has 0 aromatic carbocycles. The van der Waals surface area contributed by atoms with Crippen LogP contribution in [0.3, 0.4) is 0 Å². The summed E-state index contributed by atoms with van der Waals surface area (Å²) < 4.78 is 48.2. The van der Waals surface area contributed by atoms with E-state index in [2.05, 4.69) is 5.32 Å². The molecule has 0 spiro atoms. The maximum atomic E-state index is 12.4. The van der Waals surface area contributed by atoms with Gasteiger partial charge in [0.2, 0.25) is 0 Å². The van der Waals surface area contributed by atoms with Gasteiger partial charge in [-0.05, 0) is 19.4 Å². The fourth-order valence-corrected chi connectivity index (χ4v) is 2.99. The number of nitrogens with zero attached hydrogens (tertiary/aromatic N) is 1. The minimum absolute atomic E-state index is 0.0962. The van der Waals surface area contributed by atoms with E-state index in [0.717, 1.165) is 17.3 Å². The van der Waals surface area contributed by atoms with E-state index in [0.29, 0.717) is 13.0 Å². The van der Waals surface area contributed by atoms with Crippen LogP contribution in [0.1, 0.15) is 19.8 Å². The standard InChI is InChI=1S/C8H16F2N2O2S/c1-2-12(15(13,14)8(9)10)7-4-3-5-11-6-7/h7-8,11H,2-6H2,1H3. The van der Waals surface area contributed by atoms with Crippen LogP contribution in [0.15, 0.2) is 0 Å². The summed E-state index contributed by atoms with van der Waals surface area (Å²) in [7, 11) is -4.43. The van der Waals surface area contributed by atoms with E-state index < -0.39 is 15.8 Å². The Balaban J connectivity index is 2.78. The van der Waals surface area contributed by atoms with Crippen LogP contribution in [0.5, 0.6) is 0 Å². The van der Waals surface area contributed by atoms with E-state index in [1.54, 1.807) is 6.92 Å². The molecule has 0 aromatic rings. The number of likely N-dealkylation sites (N-methyl/N-ethyl adjacent to an activating group) is 1. The van der Waals surface area contributed by atoms with Gasteiger partial charge in [-0.2, -0.15) is 13.1 Å². The maximum absolute atomic E-state index is 12.4. The molecule has 0 radical (unpaired) electrons. The van der Waals surface area contributed by atoms with Gasteiger partial charge in [0.15, 0.2) is 0 Å². The summed E-state index contributed by atoms with van der Waals surface area (Å²) in [6.45, 7) is 2.95. The van der Waals surface area contributed by atoms with Gasteiger partial charge in [-0.3, -0.25) is 0 Å². The summed E-state index contributed by atoms with van der Waals surface area (Å²) in [5, 5.41) is 3.01. The Kier molecular flexibility index (Phi) is 4.42. The summed E-state index contributed by atoms with van der Waals surface area (Å²) in [6.07, 6.45) is 1.46. The van der Waals surface area contributed by atoms with Gasteiger partial charge >= 0.3 is 5.76 Å². The van der Waals surface area contributed by atoms with Crippen LogP contribution >= 0.6 is 0 Å². The molecule has 1 fully saturated rings. The molecule has 0 aromatic heterocycles. The van der Waals surface area contributed by atoms with Crippen molar-refractivity contribution in [1.82, 2.24) is 9.62 Å². The molecular weight excluding hydrogens is 226 g/mol. The SMILES string of the molecule is CCN(C1CCCNC1)S(=O)(=O)C(F)F. The highest BCUT2D eigenvalue weighted by Gasteiger charge is 2.36. The summed E-state index contributed by atoms with van der Waals surface area (Å²) in [6, 6.07) is -0.331. The normalized spacial score (nSPS) is 23.7. The van der Waals surface area contributed by atoms with Gasteiger partial charge in [0.1, 0.15) is 0 Å². The molecule has 0 aliphatic carbocycles. The fraction of sp³-hybridized carbons (Fsp3) is 1.00. The molecule has 0 bridgehead atoms. The summed E-state index contributed by atoms with van der Waals surface area (Å²) in [5.41, 5.74) is 0. The Bertz CT molecular complexity index is 289. The van der Waals surface area contributed by atoms with Crippen LogP contribution in [0.2, 0.25) is 0 Å². The fourth-order valence-electron chi connectivity index (χ4n) is 1.83. The Morgan fingerprint density at radius 2 is 2.20 bits per heavy atom. The Labute approximate surface area is 88.7 Å². The van der Waals surface area contributed by atoms with Crippen LogP contribution in [0.25, 0.3) is 0 Å². The zero-order valence-corrected chi connectivity index (χ0v) is 9.43. The molecule has 1 atom stereocenters. The number of sulfonamides is 1. The van der Waals surface area contributed by atoms with Gasteiger partial charge in [-0.25, -0.2) is 8.42 Å². The first-order valence-corrected chi connectivity index (χ1v) is 6.50. The lowest BCUT2D eigenvalue weighted by Crippen LogP contribution is -2.50. The van der Waals surface area contributed by atoms with Crippen molar-refractivity contribution in [2.45, 2.75) is 31.6 Å². The molecule has 1 heterocycles. The molecule has 1 N–H and O–H groups in total. The second-order valence-electron chi connectivity index (χ2n) is 3.51. The monoisotopic (exact) mass is 242 g/mol. The third-order valence-electron chi connectivity index (χ3n) is 2.54. The molecule has 1 unspecified atom stereocenters. The molecule has 0 saturated carbocycles. The number of hydrogen-bond acceptors (Lipinski definition) is 3. The van der Waals surface area contributed by atoms with E-state index >= 15 is 0 Å². The highest BCUT2D eigenvalue weighted by atomic mass is 32.2. The molecule has 7 heteroatoms. The van der Waals surface area contributed by atoms with E-state index in [9.17, 15) is 17.2 Å². The molecule has 90 valence electrons. The number of nitrogens with one attached hydrogen (secondary N) is 1. The highest BCUT2D eigenvalue weighted by molar-refractivity contribution is 7.89. The Morgan fingerprint density at radius 1 is 1.53 bits per heavy atom. The number of hydrogen-bond donors (Lipinski definition) is 1. The first-order valence-electron chi connectivity index (χ1n) is 4.99. The smallest absolute Gasteiger partial charge is 0.315 e. The first kappa shape index (κ1) is 12.8. The zero-order valence-electron chi connectivity index (χ0n) is 8.62. The number of alkyl halides is 2. The average molecular weight is 242 g/mol. The van der Waals surface area contributed by atoms with Crippen LogP contribution in [0.4, 0.5) is 8.78 Å². The van der Waals surface area contributed by atoms with Gasteiger partial charge in [-0.1, -0.05) is 6.92 Å². The van der Waals surface area contributed by atoms with Gasteiger partial charge in [-0.15, -0.1) is 0 Å². The predicted molar refractivity (Wildman–Crippen MR) is 53.2 cm³/mol. The van der Waals surface area contributed by atoms with Crippen molar-refractivity contribution < 1.29 is 17.2 Å². The molecule has 1 aliphatic heterocycles. The first-order chi connectivity index (χ1) is 7.00. The van der Waals surface area contributed by atoms with Crippen molar-refractivity contribution >= 4 is 10.0 Å². The molecule has 0 amide bonds. The average Bonchev–Trinajstić information content (AvgIpc) is 2.19. The largest absolute Gasteiger partial charge is 0.350 e. The number of piperidine rings is 1. The molecule has 1 saturated heterocycles. The zero-order chi connectivity index (χ0) is 11.5. The minimum Gasteiger partial charge on any atom is -0.315 e. The van der Waals surface area contributed by atoms with E-state index in [-0.39, 0.29) is 12.6 Å². The third-order valence-corrected chi connectivity index (χ3v) is 4.20. The second kappa shape index (κ2) is 5.18. The van der Waals surface area contributed by atoms with Gasteiger partial charge in [0.25, 0.3) is 10.0 Å². The molecular formula is C8H16F2N2O2S. The predicted octanol–water partition coefficient (Wildman–Crippen LogP) is 0.613. The summed E-state index contributed by atoms with van der Waals surface area (Å²) >= 11 is 0. The van der Waals surface area contributed by atoms with Crippen molar-refractivity contribution in [2.24, 2.45) is 0 Å². The lowest BCUT2D eigenvalue weighted by Gasteiger charge is -2.32. The minimum atomic E-state index is -4.43. The Hall–Kier alpha value is -0.270.